The Morgan fingerprint density at radius 2 is 1.83 bits per heavy atom. The van der Waals surface area contributed by atoms with Crippen LogP contribution in [0.1, 0.15) is 16.9 Å². The standard InChI is InChI=1S/C22H17N3O3S/c26-19-11-5-4-9-17(19)13-20-21(27)25(15-18-10-6-12-28-18)22(29-20)24-23-14-16-7-2-1-3-8-16/h1-14,26H,15H2/b20-13-,23-14+,24-22-. The summed E-state index contributed by atoms with van der Waals surface area (Å²) in [6.07, 6.45) is 4.85. The Kier molecular flexibility index (Phi) is 5.58. The van der Waals surface area contributed by atoms with Gasteiger partial charge in [-0.15, -0.1) is 5.10 Å². The third kappa shape index (κ3) is 4.47. The Morgan fingerprint density at radius 3 is 2.59 bits per heavy atom. The lowest BCUT2D eigenvalue weighted by Gasteiger charge is -2.12. The second-order valence-electron chi connectivity index (χ2n) is 6.18. The molecule has 0 spiro atoms. The molecule has 0 radical (unpaired) electrons. The lowest BCUT2D eigenvalue weighted by atomic mass is 10.2. The molecule has 29 heavy (non-hydrogen) atoms. The summed E-state index contributed by atoms with van der Waals surface area (Å²) in [6, 6.07) is 20.0. The van der Waals surface area contributed by atoms with Crippen LogP contribution in [0.3, 0.4) is 0 Å². The van der Waals surface area contributed by atoms with Gasteiger partial charge in [-0.25, -0.2) is 0 Å². The van der Waals surface area contributed by atoms with Crippen molar-refractivity contribution < 1.29 is 14.3 Å². The lowest BCUT2D eigenvalue weighted by molar-refractivity contribution is -0.122. The molecule has 0 atom stereocenters. The average molecular weight is 403 g/mol. The second kappa shape index (κ2) is 8.62. The van der Waals surface area contributed by atoms with E-state index in [-0.39, 0.29) is 18.2 Å². The lowest BCUT2D eigenvalue weighted by Crippen LogP contribution is -2.28. The number of amides is 1. The zero-order valence-corrected chi connectivity index (χ0v) is 16.1. The van der Waals surface area contributed by atoms with E-state index < -0.39 is 0 Å². The first-order valence-corrected chi connectivity index (χ1v) is 9.70. The highest BCUT2D eigenvalue weighted by Crippen LogP contribution is 2.35. The summed E-state index contributed by atoms with van der Waals surface area (Å²) >= 11 is 1.21. The number of carbonyl (C=O) groups excluding carboxylic acids is 1. The Balaban J connectivity index is 1.64. The molecule has 7 heteroatoms. The topological polar surface area (TPSA) is 78.4 Å². The van der Waals surface area contributed by atoms with E-state index in [1.807, 2.05) is 30.3 Å². The molecule has 1 N–H and O–H groups in total. The number of hydrogen-bond acceptors (Lipinski definition) is 6. The van der Waals surface area contributed by atoms with Gasteiger partial charge in [-0.2, -0.15) is 5.10 Å². The third-order valence-electron chi connectivity index (χ3n) is 4.16. The number of phenols is 1. The fraction of sp³-hybridized carbons (Fsp3) is 0.0455. The first-order chi connectivity index (χ1) is 14.2. The van der Waals surface area contributed by atoms with Crippen molar-refractivity contribution >= 4 is 35.1 Å². The van der Waals surface area contributed by atoms with Crippen LogP contribution in [0.5, 0.6) is 5.75 Å². The first-order valence-electron chi connectivity index (χ1n) is 8.88. The molecule has 1 amide bonds. The molecular formula is C22H17N3O3S. The van der Waals surface area contributed by atoms with E-state index >= 15 is 0 Å². The largest absolute Gasteiger partial charge is 0.507 e. The average Bonchev–Trinajstić information content (AvgIpc) is 3.35. The predicted molar refractivity (Wildman–Crippen MR) is 114 cm³/mol. The molecule has 2 heterocycles. The van der Waals surface area contributed by atoms with Crippen LogP contribution >= 0.6 is 11.8 Å². The number of aromatic hydroxyl groups is 1. The number of nitrogens with zero attached hydrogens (tertiary/aromatic N) is 3. The van der Waals surface area contributed by atoms with Crippen LogP contribution in [0.15, 0.2) is 92.5 Å². The van der Waals surface area contributed by atoms with E-state index in [1.54, 1.807) is 55.0 Å². The van der Waals surface area contributed by atoms with Crippen molar-refractivity contribution in [3.8, 4) is 5.75 Å². The van der Waals surface area contributed by atoms with E-state index in [4.69, 9.17) is 4.42 Å². The number of amidine groups is 1. The molecule has 4 rings (SSSR count). The number of carbonyl (C=O) groups is 1. The van der Waals surface area contributed by atoms with E-state index in [0.29, 0.717) is 21.4 Å². The number of para-hydroxylation sites is 1. The van der Waals surface area contributed by atoms with Crippen LogP contribution in [0.25, 0.3) is 6.08 Å². The van der Waals surface area contributed by atoms with Gasteiger partial charge in [0.2, 0.25) is 0 Å². The van der Waals surface area contributed by atoms with Crippen LogP contribution in [0.2, 0.25) is 0 Å². The number of thioether (sulfide) groups is 1. The molecule has 0 unspecified atom stereocenters. The van der Waals surface area contributed by atoms with Crippen LogP contribution in [-0.4, -0.2) is 27.3 Å². The van der Waals surface area contributed by atoms with Crippen LogP contribution in [-0.2, 0) is 11.3 Å². The van der Waals surface area contributed by atoms with E-state index in [2.05, 4.69) is 10.2 Å². The molecule has 1 aliphatic rings. The predicted octanol–water partition coefficient (Wildman–Crippen LogP) is 4.49. The van der Waals surface area contributed by atoms with Gasteiger partial charge in [-0.05, 0) is 41.6 Å². The van der Waals surface area contributed by atoms with Crippen LogP contribution < -0.4 is 0 Å². The molecule has 1 fully saturated rings. The molecule has 1 aliphatic heterocycles. The molecule has 1 saturated heterocycles. The molecule has 3 aromatic rings. The van der Waals surface area contributed by atoms with Crippen molar-refractivity contribution in [1.29, 1.82) is 0 Å². The van der Waals surface area contributed by atoms with Gasteiger partial charge in [0.15, 0.2) is 5.17 Å². The van der Waals surface area contributed by atoms with Crippen LogP contribution in [0, 0.1) is 0 Å². The smallest absolute Gasteiger partial charge is 0.267 e. The van der Waals surface area contributed by atoms with Gasteiger partial charge in [0.25, 0.3) is 5.91 Å². The van der Waals surface area contributed by atoms with E-state index in [1.165, 1.54) is 16.7 Å². The summed E-state index contributed by atoms with van der Waals surface area (Å²) in [7, 11) is 0. The van der Waals surface area contributed by atoms with E-state index in [0.717, 1.165) is 5.56 Å². The van der Waals surface area contributed by atoms with Crippen molar-refractivity contribution in [2.45, 2.75) is 6.54 Å². The minimum atomic E-state index is -0.219. The maximum atomic E-state index is 13.0. The summed E-state index contributed by atoms with van der Waals surface area (Å²) in [5, 5.41) is 18.9. The van der Waals surface area contributed by atoms with Gasteiger partial charge in [0.05, 0.1) is 23.9 Å². The molecule has 144 valence electrons. The number of benzene rings is 2. The first kappa shape index (κ1) is 18.8. The van der Waals surface area contributed by atoms with Gasteiger partial charge >= 0.3 is 0 Å². The summed E-state index contributed by atoms with van der Waals surface area (Å²) in [5.41, 5.74) is 1.48. The van der Waals surface area contributed by atoms with Crippen molar-refractivity contribution in [3.63, 3.8) is 0 Å². The number of furan rings is 1. The maximum Gasteiger partial charge on any atom is 0.267 e. The van der Waals surface area contributed by atoms with Crippen LogP contribution in [0.4, 0.5) is 0 Å². The minimum Gasteiger partial charge on any atom is -0.507 e. The Bertz CT molecular complexity index is 1090. The monoisotopic (exact) mass is 403 g/mol. The molecule has 2 aromatic carbocycles. The molecule has 0 bridgehead atoms. The second-order valence-corrected chi connectivity index (χ2v) is 7.19. The zero-order chi connectivity index (χ0) is 20.1. The molecule has 0 aliphatic carbocycles. The van der Waals surface area contributed by atoms with Crippen molar-refractivity contribution in [2.75, 3.05) is 0 Å². The fourth-order valence-corrected chi connectivity index (χ4v) is 3.64. The van der Waals surface area contributed by atoms with Crippen molar-refractivity contribution in [1.82, 2.24) is 4.90 Å². The van der Waals surface area contributed by atoms with Crippen molar-refractivity contribution in [2.24, 2.45) is 10.2 Å². The third-order valence-corrected chi connectivity index (χ3v) is 5.15. The highest BCUT2D eigenvalue weighted by molar-refractivity contribution is 8.18. The Morgan fingerprint density at radius 1 is 1.03 bits per heavy atom. The number of hydrogen-bond donors (Lipinski definition) is 1. The summed E-state index contributed by atoms with van der Waals surface area (Å²) in [4.78, 5) is 14.9. The van der Waals surface area contributed by atoms with Crippen molar-refractivity contribution in [3.05, 3.63) is 94.8 Å². The zero-order valence-electron chi connectivity index (χ0n) is 15.3. The van der Waals surface area contributed by atoms with Gasteiger partial charge in [-0.3, -0.25) is 9.69 Å². The summed E-state index contributed by atoms with van der Waals surface area (Å²) in [5.74, 6) is 0.532. The minimum absolute atomic E-state index is 0.110. The maximum absolute atomic E-state index is 13.0. The van der Waals surface area contributed by atoms with E-state index in [9.17, 15) is 9.90 Å². The van der Waals surface area contributed by atoms with Gasteiger partial charge in [0.1, 0.15) is 11.5 Å². The fourth-order valence-electron chi connectivity index (χ4n) is 2.72. The number of phenolic OH excluding ortho intramolecular Hbond substituents is 1. The van der Waals surface area contributed by atoms with Gasteiger partial charge in [-0.1, -0.05) is 48.5 Å². The van der Waals surface area contributed by atoms with Gasteiger partial charge in [0, 0.05) is 5.56 Å². The highest BCUT2D eigenvalue weighted by Gasteiger charge is 2.34. The normalized spacial score (nSPS) is 17.1. The molecular weight excluding hydrogens is 386 g/mol. The molecule has 6 nitrogen and oxygen atoms in total. The van der Waals surface area contributed by atoms with Gasteiger partial charge < -0.3 is 9.52 Å². The molecule has 1 aromatic heterocycles. The Hall–Kier alpha value is -3.58. The SMILES string of the molecule is O=C1/C(=C/c2ccccc2O)S/C(=N\N=C\c2ccccc2)N1Cc1ccco1. The number of rotatable bonds is 5. The molecule has 0 saturated carbocycles. The quantitative estimate of drug-likeness (QED) is 0.387. The Labute approximate surface area is 171 Å². The highest BCUT2D eigenvalue weighted by atomic mass is 32.2. The summed E-state index contributed by atoms with van der Waals surface area (Å²) in [6.45, 7) is 0.247. The summed E-state index contributed by atoms with van der Waals surface area (Å²) < 4.78 is 5.38.